The first-order chi connectivity index (χ1) is 10.4. The summed E-state index contributed by atoms with van der Waals surface area (Å²) in [5.41, 5.74) is 12.4. The molecule has 4 N–H and O–H groups in total. The number of nitrogen functional groups attached to an aromatic ring is 1. The number of amides is 1. The van der Waals surface area contributed by atoms with Crippen molar-refractivity contribution in [3.8, 4) is 0 Å². The molecule has 1 atom stereocenters. The summed E-state index contributed by atoms with van der Waals surface area (Å²) < 4.78 is 5.97. The van der Waals surface area contributed by atoms with Crippen molar-refractivity contribution in [2.75, 3.05) is 11.5 Å². The molecule has 2 aromatic rings. The molecule has 0 unspecified atom stereocenters. The lowest BCUT2D eigenvalue weighted by Crippen LogP contribution is -2.33. The van der Waals surface area contributed by atoms with Crippen LogP contribution in [0, 0.1) is 0 Å². The molecule has 22 heavy (non-hydrogen) atoms. The number of hydrogen-bond donors (Lipinski definition) is 2. The SMILES string of the molecule is CC[C@]1(C)Cc2c(sc3nc(SCC(N)=O)nc(N)c23)CO1. The van der Waals surface area contributed by atoms with Gasteiger partial charge in [0.05, 0.1) is 23.3 Å². The van der Waals surface area contributed by atoms with Crippen molar-refractivity contribution in [1.29, 1.82) is 0 Å². The van der Waals surface area contributed by atoms with Gasteiger partial charge in [0.15, 0.2) is 5.16 Å². The highest BCUT2D eigenvalue weighted by molar-refractivity contribution is 7.99. The molecule has 8 heteroatoms. The molecule has 3 heterocycles. The zero-order valence-electron chi connectivity index (χ0n) is 12.5. The molecule has 0 spiro atoms. The van der Waals surface area contributed by atoms with E-state index in [1.165, 1.54) is 22.2 Å². The minimum atomic E-state index is -0.398. The van der Waals surface area contributed by atoms with Crippen LogP contribution in [0.15, 0.2) is 5.16 Å². The molecule has 0 bridgehead atoms. The molecule has 1 amide bonds. The van der Waals surface area contributed by atoms with Crippen molar-refractivity contribution < 1.29 is 9.53 Å². The van der Waals surface area contributed by atoms with Gasteiger partial charge in [0.2, 0.25) is 5.91 Å². The zero-order valence-corrected chi connectivity index (χ0v) is 14.1. The number of fused-ring (bicyclic) bond motifs is 3. The van der Waals surface area contributed by atoms with Gasteiger partial charge in [-0.05, 0) is 18.9 Å². The lowest BCUT2D eigenvalue weighted by molar-refractivity contribution is -0.115. The average Bonchev–Trinajstić information content (AvgIpc) is 2.83. The Hall–Kier alpha value is -1.38. The van der Waals surface area contributed by atoms with Gasteiger partial charge in [-0.3, -0.25) is 4.79 Å². The van der Waals surface area contributed by atoms with Crippen molar-refractivity contribution in [2.45, 2.75) is 44.1 Å². The van der Waals surface area contributed by atoms with E-state index >= 15 is 0 Å². The van der Waals surface area contributed by atoms with Crippen molar-refractivity contribution in [2.24, 2.45) is 5.73 Å². The number of carbonyl (C=O) groups is 1. The van der Waals surface area contributed by atoms with E-state index in [0.29, 0.717) is 17.6 Å². The number of anilines is 1. The zero-order chi connectivity index (χ0) is 15.9. The Morgan fingerprint density at radius 1 is 1.50 bits per heavy atom. The highest BCUT2D eigenvalue weighted by Crippen LogP contribution is 2.41. The summed E-state index contributed by atoms with van der Waals surface area (Å²) in [4.78, 5) is 21.7. The van der Waals surface area contributed by atoms with Crippen molar-refractivity contribution in [1.82, 2.24) is 9.97 Å². The van der Waals surface area contributed by atoms with E-state index in [-0.39, 0.29) is 11.4 Å². The van der Waals surface area contributed by atoms with Crippen LogP contribution in [-0.2, 0) is 22.6 Å². The topological polar surface area (TPSA) is 104 Å². The van der Waals surface area contributed by atoms with Crippen LogP contribution in [0.4, 0.5) is 5.82 Å². The average molecular weight is 338 g/mol. The van der Waals surface area contributed by atoms with Gasteiger partial charge in [-0.1, -0.05) is 18.7 Å². The molecule has 0 fully saturated rings. The Morgan fingerprint density at radius 3 is 2.95 bits per heavy atom. The predicted molar refractivity (Wildman–Crippen MR) is 88.9 cm³/mol. The number of ether oxygens (including phenoxy) is 1. The molecule has 6 nitrogen and oxygen atoms in total. The summed E-state index contributed by atoms with van der Waals surface area (Å²) in [6.45, 7) is 4.83. The van der Waals surface area contributed by atoms with E-state index in [4.69, 9.17) is 16.2 Å². The Balaban J connectivity index is 2.02. The quantitative estimate of drug-likeness (QED) is 0.653. The van der Waals surface area contributed by atoms with Gasteiger partial charge < -0.3 is 16.2 Å². The van der Waals surface area contributed by atoms with Gasteiger partial charge in [-0.25, -0.2) is 9.97 Å². The molecule has 0 saturated heterocycles. The summed E-state index contributed by atoms with van der Waals surface area (Å²) in [6, 6.07) is 0. The number of thiophene rings is 1. The number of rotatable bonds is 4. The van der Waals surface area contributed by atoms with Crippen LogP contribution in [0.3, 0.4) is 0 Å². The maximum atomic E-state index is 10.9. The summed E-state index contributed by atoms with van der Waals surface area (Å²) in [5, 5.41) is 1.42. The third kappa shape index (κ3) is 2.78. The van der Waals surface area contributed by atoms with E-state index in [2.05, 4.69) is 23.8 Å². The molecule has 1 aliphatic rings. The second-order valence-corrected chi connectivity index (χ2v) is 7.63. The number of nitrogens with two attached hydrogens (primary N) is 2. The van der Waals surface area contributed by atoms with E-state index in [1.54, 1.807) is 11.3 Å². The van der Waals surface area contributed by atoms with Crippen molar-refractivity contribution >= 4 is 45.0 Å². The summed E-state index contributed by atoms with van der Waals surface area (Å²) in [7, 11) is 0. The maximum Gasteiger partial charge on any atom is 0.227 e. The molecular weight excluding hydrogens is 320 g/mol. The second-order valence-electron chi connectivity index (χ2n) is 5.60. The number of aromatic nitrogens is 2. The molecule has 1 aliphatic heterocycles. The molecule has 0 saturated carbocycles. The van der Waals surface area contributed by atoms with Crippen LogP contribution in [-0.4, -0.2) is 27.2 Å². The summed E-state index contributed by atoms with van der Waals surface area (Å²) in [5.74, 6) is 0.215. The van der Waals surface area contributed by atoms with Crippen LogP contribution in [0.1, 0.15) is 30.7 Å². The first-order valence-corrected chi connectivity index (χ1v) is 8.85. The first kappa shape index (κ1) is 15.5. The van der Waals surface area contributed by atoms with Gasteiger partial charge in [0, 0.05) is 11.3 Å². The third-order valence-electron chi connectivity index (χ3n) is 3.94. The lowest BCUT2D eigenvalue weighted by Gasteiger charge is -2.33. The first-order valence-electron chi connectivity index (χ1n) is 7.04. The highest BCUT2D eigenvalue weighted by Gasteiger charge is 2.32. The van der Waals surface area contributed by atoms with Crippen LogP contribution >= 0.6 is 23.1 Å². The molecule has 3 rings (SSSR count). The van der Waals surface area contributed by atoms with Crippen molar-refractivity contribution in [3.63, 3.8) is 0 Å². The normalized spacial score (nSPS) is 21.0. The Bertz CT molecular complexity index is 746. The Morgan fingerprint density at radius 2 is 2.27 bits per heavy atom. The lowest BCUT2D eigenvalue weighted by atomic mass is 9.90. The predicted octanol–water partition coefficient (Wildman–Crippen LogP) is 2.09. The fourth-order valence-corrected chi connectivity index (χ4v) is 4.27. The van der Waals surface area contributed by atoms with Gasteiger partial charge in [-0.15, -0.1) is 11.3 Å². The number of carbonyl (C=O) groups excluding carboxylic acids is 1. The van der Waals surface area contributed by atoms with E-state index in [0.717, 1.165) is 23.1 Å². The minimum absolute atomic E-state index is 0.146. The van der Waals surface area contributed by atoms with Gasteiger partial charge >= 0.3 is 0 Å². The summed E-state index contributed by atoms with van der Waals surface area (Å²) >= 11 is 2.79. The van der Waals surface area contributed by atoms with Crippen LogP contribution < -0.4 is 11.5 Å². The fourth-order valence-electron chi connectivity index (χ4n) is 2.51. The van der Waals surface area contributed by atoms with Crippen LogP contribution in [0.25, 0.3) is 10.2 Å². The molecule has 118 valence electrons. The molecule has 0 aliphatic carbocycles. The number of hydrogen-bond acceptors (Lipinski definition) is 7. The monoisotopic (exact) mass is 338 g/mol. The summed E-state index contributed by atoms with van der Waals surface area (Å²) in [6.07, 6.45) is 1.76. The molecular formula is C14H18N4O2S2. The number of primary amides is 1. The fraction of sp³-hybridized carbons (Fsp3) is 0.500. The standard InChI is InChI=1S/C14H18N4O2S2/c1-3-14(2)4-7-8(5-20-14)22-12-10(7)11(16)17-13(18-12)21-6-9(15)19/h3-6H2,1-2H3,(H2,15,19)(H2,16,17,18)/t14-/m1/s1. The number of thioether (sulfide) groups is 1. The van der Waals surface area contributed by atoms with E-state index < -0.39 is 5.91 Å². The largest absolute Gasteiger partial charge is 0.383 e. The molecule has 0 radical (unpaired) electrons. The van der Waals surface area contributed by atoms with Crippen LogP contribution in [0.2, 0.25) is 0 Å². The van der Waals surface area contributed by atoms with Gasteiger partial charge in [-0.2, -0.15) is 0 Å². The van der Waals surface area contributed by atoms with E-state index in [1.807, 2.05) is 0 Å². The Kier molecular flexibility index (Phi) is 4.00. The van der Waals surface area contributed by atoms with Crippen molar-refractivity contribution in [3.05, 3.63) is 10.4 Å². The maximum absolute atomic E-state index is 10.9. The van der Waals surface area contributed by atoms with Crippen LogP contribution in [0.5, 0.6) is 0 Å². The molecule has 2 aromatic heterocycles. The highest BCUT2D eigenvalue weighted by atomic mass is 32.2. The van der Waals surface area contributed by atoms with Gasteiger partial charge in [0.25, 0.3) is 0 Å². The molecule has 0 aromatic carbocycles. The van der Waals surface area contributed by atoms with E-state index in [9.17, 15) is 4.79 Å². The van der Waals surface area contributed by atoms with Gasteiger partial charge in [0.1, 0.15) is 10.6 Å². The number of nitrogens with zero attached hydrogens (tertiary/aromatic N) is 2. The minimum Gasteiger partial charge on any atom is -0.383 e. The third-order valence-corrected chi connectivity index (χ3v) is 5.90. The Labute approximate surface area is 136 Å². The smallest absolute Gasteiger partial charge is 0.227 e. The second kappa shape index (κ2) is 5.68.